The number of alkyl halides is 3. The Balaban J connectivity index is 1.66. The van der Waals surface area contributed by atoms with Gasteiger partial charge < -0.3 is 20.1 Å². The number of fused-ring (bicyclic) bond motifs is 1. The second-order valence-corrected chi connectivity index (χ2v) is 7.75. The van der Waals surface area contributed by atoms with Crippen LogP contribution >= 0.6 is 0 Å². The normalized spacial score (nSPS) is 17.2. The lowest BCUT2D eigenvalue weighted by Crippen LogP contribution is -2.49. The molecule has 1 aromatic carbocycles. The number of nitrogens with one attached hydrogen (secondary N) is 2. The summed E-state index contributed by atoms with van der Waals surface area (Å²) in [6.45, 7) is 4.08. The summed E-state index contributed by atoms with van der Waals surface area (Å²) >= 11 is 0. The van der Waals surface area contributed by atoms with Crippen LogP contribution < -0.4 is 10.6 Å². The van der Waals surface area contributed by atoms with Crippen molar-refractivity contribution in [2.24, 2.45) is 5.92 Å². The van der Waals surface area contributed by atoms with E-state index in [1.165, 1.54) is 4.90 Å². The van der Waals surface area contributed by atoms with Crippen LogP contribution in [0.5, 0.6) is 0 Å². The number of benzene rings is 1. The molecule has 0 aliphatic carbocycles. The molecule has 0 saturated carbocycles. The summed E-state index contributed by atoms with van der Waals surface area (Å²) in [4.78, 5) is 26.0. The zero-order valence-electron chi connectivity index (χ0n) is 16.4. The average molecular weight is 410 g/mol. The molecule has 0 bridgehead atoms. The van der Waals surface area contributed by atoms with Gasteiger partial charge in [-0.25, -0.2) is 4.79 Å². The SMILES string of the molecule is CC(C)Cn1ccc2cc(NC(=O)N3CCCC3C(=O)NCC(F)(F)F)ccc21. The van der Waals surface area contributed by atoms with E-state index in [-0.39, 0.29) is 0 Å². The zero-order valence-corrected chi connectivity index (χ0v) is 16.4. The van der Waals surface area contributed by atoms with Crippen molar-refractivity contribution in [3.8, 4) is 0 Å². The van der Waals surface area contributed by atoms with Gasteiger partial charge in [0, 0.05) is 35.9 Å². The number of rotatable bonds is 5. The molecular formula is C20H25F3N4O2. The number of carbonyl (C=O) groups excluding carboxylic acids is 2. The van der Waals surface area contributed by atoms with Crippen LogP contribution in [0.25, 0.3) is 10.9 Å². The number of amides is 3. The number of hydrogen-bond donors (Lipinski definition) is 2. The Labute approximate surface area is 167 Å². The highest BCUT2D eigenvalue weighted by Gasteiger charge is 2.36. The minimum absolute atomic E-state index is 0.322. The van der Waals surface area contributed by atoms with Crippen LogP contribution in [-0.4, -0.2) is 46.7 Å². The Morgan fingerprint density at radius 2 is 2.00 bits per heavy atom. The van der Waals surface area contributed by atoms with Gasteiger partial charge in [0.25, 0.3) is 0 Å². The second kappa shape index (κ2) is 8.34. The minimum atomic E-state index is -4.48. The molecule has 1 aliphatic heterocycles. The van der Waals surface area contributed by atoms with Crippen LogP contribution in [0.15, 0.2) is 30.5 Å². The maximum absolute atomic E-state index is 12.6. The summed E-state index contributed by atoms with van der Waals surface area (Å²) in [6, 6.07) is 6.13. The molecule has 3 amide bonds. The van der Waals surface area contributed by atoms with E-state index in [0.29, 0.717) is 31.0 Å². The molecule has 1 fully saturated rings. The second-order valence-electron chi connectivity index (χ2n) is 7.75. The first-order valence-electron chi connectivity index (χ1n) is 9.65. The number of halogens is 3. The Kier molecular flexibility index (Phi) is 6.04. The third-order valence-corrected chi connectivity index (χ3v) is 4.86. The van der Waals surface area contributed by atoms with Crippen molar-refractivity contribution in [2.45, 2.75) is 45.5 Å². The lowest BCUT2D eigenvalue weighted by atomic mass is 10.2. The highest BCUT2D eigenvalue weighted by molar-refractivity contribution is 5.96. The zero-order chi connectivity index (χ0) is 21.2. The van der Waals surface area contributed by atoms with Crippen molar-refractivity contribution in [2.75, 3.05) is 18.4 Å². The molecule has 1 atom stereocenters. The molecule has 2 aromatic rings. The Morgan fingerprint density at radius 1 is 1.24 bits per heavy atom. The van der Waals surface area contributed by atoms with Crippen molar-refractivity contribution in [1.29, 1.82) is 0 Å². The topological polar surface area (TPSA) is 66.4 Å². The quantitative estimate of drug-likeness (QED) is 0.783. The van der Waals surface area contributed by atoms with Crippen molar-refractivity contribution in [3.05, 3.63) is 30.5 Å². The van der Waals surface area contributed by atoms with Gasteiger partial charge in [-0.15, -0.1) is 0 Å². The predicted octanol–water partition coefficient (Wildman–Crippen LogP) is 3.97. The molecule has 1 aliphatic rings. The molecular weight excluding hydrogens is 385 g/mol. The third-order valence-electron chi connectivity index (χ3n) is 4.86. The van der Waals surface area contributed by atoms with Crippen molar-refractivity contribution in [3.63, 3.8) is 0 Å². The van der Waals surface area contributed by atoms with Crippen molar-refractivity contribution in [1.82, 2.24) is 14.8 Å². The first-order chi connectivity index (χ1) is 13.6. The maximum atomic E-state index is 12.6. The summed E-state index contributed by atoms with van der Waals surface area (Å²) < 4.78 is 39.2. The minimum Gasteiger partial charge on any atom is -0.347 e. The van der Waals surface area contributed by atoms with Gasteiger partial charge in [-0.3, -0.25) is 4.79 Å². The van der Waals surface area contributed by atoms with Gasteiger partial charge in [-0.2, -0.15) is 13.2 Å². The molecule has 158 valence electrons. The molecule has 6 nitrogen and oxygen atoms in total. The standard InChI is InChI=1S/C20H25F3N4O2/c1-13(2)11-26-9-7-14-10-15(5-6-16(14)26)25-19(29)27-8-3-4-17(27)18(28)24-12-20(21,22)23/h5-7,9-10,13,17H,3-4,8,11-12H2,1-2H3,(H,24,28)(H,25,29). The number of nitrogens with zero attached hydrogens (tertiary/aromatic N) is 2. The van der Waals surface area contributed by atoms with Gasteiger partial charge in [0.05, 0.1) is 0 Å². The van der Waals surface area contributed by atoms with E-state index in [4.69, 9.17) is 0 Å². The number of carbonyl (C=O) groups is 2. The fourth-order valence-electron chi connectivity index (χ4n) is 3.61. The molecule has 29 heavy (non-hydrogen) atoms. The first kappa shape index (κ1) is 21.0. The summed E-state index contributed by atoms with van der Waals surface area (Å²) in [5.41, 5.74) is 1.63. The van der Waals surface area contributed by atoms with Gasteiger partial charge in [-0.1, -0.05) is 13.8 Å². The van der Waals surface area contributed by atoms with Crippen molar-refractivity contribution < 1.29 is 22.8 Å². The van der Waals surface area contributed by atoms with Gasteiger partial charge in [0.15, 0.2) is 0 Å². The number of anilines is 1. The summed E-state index contributed by atoms with van der Waals surface area (Å²) in [5, 5.41) is 5.60. The molecule has 0 radical (unpaired) electrons. The van der Waals surface area contributed by atoms with E-state index < -0.39 is 30.7 Å². The Hall–Kier alpha value is -2.71. The lowest BCUT2D eigenvalue weighted by molar-refractivity contribution is -0.140. The van der Waals surface area contributed by atoms with Crippen molar-refractivity contribution >= 4 is 28.5 Å². The first-order valence-corrected chi connectivity index (χ1v) is 9.65. The molecule has 2 heterocycles. The molecule has 1 saturated heterocycles. The van der Waals surface area contributed by atoms with E-state index in [2.05, 4.69) is 23.7 Å². The van der Waals surface area contributed by atoms with E-state index in [0.717, 1.165) is 17.4 Å². The molecule has 3 rings (SSSR count). The van der Waals surface area contributed by atoms with Gasteiger partial charge in [0.2, 0.25) is 5.91 Å². The van der Waals surface area contributed by atoms with E-state index in [9.17, 15) is 22.8 Å². The number of hydrogen-bond acceptors (Lipinski definition) is 2. The average Bonchev–Trinajstić information content (AvgIpc) is 3.26. The fraction of sp³-hybridized carbons (Fsp3) is 0.500. The molecule has 1 unspecified atom stereocenters. The van der Waals surface area contributed by atoms with Crippen LogP contribution in [0.4, 0.5) is 23.7 Å². The Bertz CT molecular complexity index is 891. The van der Waals surface area contributed by atoms with Gasteiger partial charge >= 0.3 is 12.2 Å². The largest absolute Gasteiger partial charge is 0.405 e. The lowest BCUT2D eigenvalue weighted by Gasteiger charge is -2.24. The van der Waals surface area contributed by atoms with Crippen LogP contribution in [0.1, 0.15) is 26.7 Å². The molecule has 0 spiro atoms. The fourth-order valence-corrected chi connectivity index (χ4v) is 3.61. The third kappa shape index (κ3) is 5.21. The van der Waals surface area contributed by atoms with Crippen LogP contribution in [0.3, 0.4) is 0 Å². The van der Waals surface area contributed by atoms with Gasteiger partial charge in [0.1, 0.15) is 12.6 Å². The maximum Gasteiger partial charge on any atom is 0.405 e. The predicted molar refractivity (Wildman–Crippen MR) is 105 cm³/mol. The number of aromatic nitrogens is 1. The number of urea groups is 1. The smallest absolute Gasteiger partial charge is 0.347 e. The monoisotopic (exact) mass is 410 g/mol. The molecule has 9 heteroatoms. The van der Waals surface area contributed by atoms with Crippen LogP contribution in [-0.2, 0) is 11.3 Å². The molecule has 2 N–H and O–H groups in total. The van der Waals surface area contributed by atoms with E-state index in [1.54, 1.807) is 6.07 Å². The highest BCUT2D eigenvalue weighted by atomic mass is 19.4. The summed E-state index contributed by atoms with van der Waals surface area (Å²) in [6.07, 6.45) is -1.58. The summed E-state index contributed by atoms with van der Waals surface area (Å²) in [7, 11) is 0. The summed E-state index contributed by atoms with van der Waals surface area (Å²) in [5.74, 6) is -0.281. The van der Waals surface area contributed by atoms with E-state index >= 15 is 0 Å². The van der Waals surface area contributed by atoms with Crippen LogP contribution in [0, 0.1) is 5.92 Å². The highest BCUT2D eigenvalue weighted by Crippen LogP contribution is 2.24. The Morgan fingerprint density at radius 3 is 2.69 bits per heavy atom. The van der Waals surface area contributed by atoms with E-state index in [1.807, 2.05) is 29.7 Å². The van der Waals surface area contributed by atoms with Gasteiger partial charge in [-0.05, 0) is 43.0 Å². The molecule has 1 aromatic heterocycles. The number of likely N-dealkylation sites (tertiary alicyclic amines) is 1. The van der Waals surface area contributed by atoms with Crippen LogP contribution in [0.2, 0.25) is 0 Å².